The van der Waals surface area contributed by atoms with Gasteiger partial charge >= 0.3 is 0 Å². The number of hydrogen-bond acceptors (Lipinski definition) is 8. The molecular formula is C25H28N6O2. The van der Waals surface area contributed by atoms with Crippen molar-refractivity contribution in [3.8, 4) is 5.75 Å². The predicted molar refractivity (Wildman–Crippen MR) is 134 cm³/mol. The summed E-state index contributed by atoms with van der Waals surface area (Å²) < 4.78 is 10.7. The number of fused-ring (bicyclic) bond motifs is 2. The van der Waals surface area contributed by atoms with Crippen LogP contribution in [0.3, 0.4) is 0 Å². The molecule has 0 saturated heterocycles. The Hall–Kier alpha value is -3.78. The van der Waals surface area contributed by atoms with Gasteiger partial charge in [-0.2, -0.15) is 10.2 Å². The van der Waals surface area contributed by atoms with Gasteiger partial charge in [0, 0.05) is 18.1 Å². The van der Waals surface area contributed by atoms with Crippen molar-refractivity contribution in [1.82, 2.24) is 10.4 Å². The maximum Gasteiger partial charge on any atom is 0.154 e. The minimum Gasteiger partial charge on any atom is -0.497 e. The standard InChI is InChI=1S/C25H28N6O2/c1-15-10-24(27-22-8-6-18(32-4)12-20(15)22)30-26-14-17(3)29-31-25-11-16(2)21-13-19(33-5)7-9-23(21)28-25/h6-14,19,25,31H,1-5H3,(H,27,30)/b26-14+,29-17+. The number of pyridine rings is 1. The Bertz CT molecular complexity index is 1240. The van der Waals surface area contributed by atoms with E-state index in [2.05, 4.69) is 39.0 Å². The molecule has 2 unspecified atom stereocenters. The first-order chi connectivity index (χ1) is 16.0. The van der Waals surface area contributed by atoms with Crippen molar-refractivity contribution in [2.24, 2.45) is 15.2 Å². The molecule has 0 saturated carbocycles. The molecule has 8 heteroatoms. The molecule has 0 amide bonds. The maximum absolute atomic E-state index is 5.39. The largest absolute Gasteiger partial charge is 0.497 e. The van der Waals surface area contributed by atoms with Crippen LogP contribution in [0.5, 0.6) is 5.75 Å². The van der Waals surface area contributed by atoms with Gasteiger partial charge in [-0.25, -0.2) is 4.98 Å². The number of methoxy groups -OCH3 is 2. The third kappa shape index (κ3) is 5.18. The molecule has 2 atom stereocenters. The minimum absolute atomic E-state index is 0.0144. The summed E-state index contributed by atoms with van der Waals surface area (Å²) in [5.41, 5.74) is 11.9. The van der Waals surface area contributed by atoms with Gasteiger partial charge < -0.3 is 9.47 Å². The van der Waals surface area contributed by atoms with Gasteiger partial charge in [0.15, 0.2) is 6.17 Å². The zero-order chi connectivity index (χ0) is 23.4. The van der Waals surface area contributed by atoms with Crippen LogP contribution in [0.1, 0.15) is 19.4 Å². The lowest BCUT2D eigenvalue weighted by Gasteiger charge is -2.23. The van der Waals surface area contributed by atoms with Crippen molar-refractivity contribution >= 4 is 34.4 Å². The maximum atomic E-state index is 5.39. The van der Waals surface area contributed by atoms with Crippen molar-refractivity contribution in [2.75, 3.05) is 19.6 Å². The highest BCUT2D eigenvalue weighted by molar-refractivity contribution is 6.29. The van der Waals surface area contributed by atoms with E-state index in [1.54, 1.807) is 20.4 Å². The molecule has 0 bridgehead atoms. The van der Waals surface area contributed by atoms with Crippen molar-refractivity contribution in [1.29, 1.82) is 0 Å². The van der Waals surface area contributed by atoms with E-state index in [-0.39, 0.29) is 12.3 Å². The molecule has 2 aliphatic rings. The molecule has 2 N–H and O–H groups in total. The number of rotatable bonds is 7. The Morgan fingerprint density at radius 2 is 2.00 bits per heavy atom. The predicted octanol–water partition coefficient (Wildman–Crippen LogP) is 4.15. The summed E-state index contributed by atoms with van der Waals surface area (Å²) in [5, 5.41) is 9.71. The molecule has 0 spiro atoms. The van der Waals surface area contributed by atoms with Gasteiger partial charge in [0.2, 0.25) is 0 Å². The van der Waals surface area contributed by atoms with E-state index in [0.717, 1.165) is 39.1 Å². The smallest absolute Gasteiger partial charge is 0.154 e. The van der Waals surface area contributed by atoms with Crippen LogP contribution in [0.15, 0.2) is 74.9 Å². The summed E-state index contributed by atoms with van der Waals surface area (Å²) in [6.07, 6.45) is 9.49. The zero-order valence-corrected chi connectivity index (χ0v) is 19.5. The third-order valence-corrected chi connectivity index (χ3v) is 5.46. The first-order valence-electron chi connectivity index (χ1n) is 10.7. The second-order valence-corrected chi connectivity index (χ2v) is 7.91. The van der Waals surface area contributed by atoms with Crippen LogP contribution in [-0.4, -0.2) is 49.1 Å². The quantitative estimate of drug-likeness (QED) is 0.494. The van der Waals surface area contributed by atoms with Crippen LogP contribution in [0.25, 0.3) is 10.9 Å². The van der Waals surface area contributed by atoms with Gasteiger partial charge in [-0.3, -0.25) is 15.8 Å². The fourth-order valence-corrected chi connectivity index (χ4v) is 3.70. The lowest BCUT2D eigenvalue weighted by molar-refractivity contribution is 0.177. The van der Waals surface area contributed by atoms with Gasteiger partial charge in [0.25, 0.3) is 0 Å². The molecule has 2 heterocycles. The number of nitrogens with one attached hydrogen (secondary N) is 2. The molecule has 0 radical (unpaired) electrons. The van der Waals surface area contributed by atoms with Crippen LogP contribution in [-0.2, 0) is 4.74 Å². The van der Waals surface area contributed by atoms with Gasteiger partial charge in [-0.05, 0) is 80.5 Å². The molecule has 1 aliphatic heterocycles. The zero-order valence-electron chi connectivity index (χ0n) is 19.5. The molecule has 8 nitrogen and oxygen atoms in total. The Balaban J connectivity index is 1.39. The topological polar surface area (TPSA) is 92.5 Å². The van der Waals surface area contributed by atoms with Gasteiger partial charge in [-0.15, -0.1) is 0 Å². The first-order valence-corrected chi connectivity index (χ1v) is 10.7. The molecule has 1 aromatic carbocycles. The lowest BCUT2D eigenvalue weighted by Crippen LogP contribution is -2.28. The van der Waals surface area contributed by atoms with E-state index in [9.17, 15) is 0 Å². The Kier molecular flexibility index (Phi) is 6.65. The van der Waals surface area contributed by atoms with Crippen LogP contribution in [0.2, 0.25) is 0 Å². The second-order valence-electron chi connectivity index (χ2n) is 7.91. The Morgan fingerprint density at radius 1 is 1.15 bits per heavy atom. The number of nitrogens with zero attached hydrogens (tertiary/aromatic N) is 4. The fraction of sp³-hybridized carbons (Fsp3) is 0.280. The van der Waals surface area contributed by atoms with Gasteiger partial charge in [0.1, 0.15) is 11.6 Å². The van der Waals surface area contributed by atoms with Crippen LogP contribution < -0.4 is 15.6 Å². The number of hydrogen-bond donors (Lipinski definition) is 2. The number of ether oxygens (including phenoxy) is 2. The Labute approximate surface area is 193 Å². The highest BCUT2D eigenvalue weighted by Gasteiger charge is 2.20. The SMILES string of the molecule is COc1ccc2nc(N/N=C/C(C)=N/NC3C=C(C)C4=CC(OC)C=CC4=N3)cc(C)c2c1. The van der Waals surface area contributed by atoms with Crippen LogP contribution in [0.4, 0.5) is 5.82 Å². The first kappa shape index (κ1) is 22.4. The lowest BCUT2D eigenvalue weighted by atomic mass is 9.93. The average molecular weight is 445 g/mol. The van der Waals surface area contributed by atoms with Gasteiger partial charge in [0.05, 0.1) is 36.4 Å². The van der Waals surface area contributed by atoms with Crippen molar-refractivity contribution in [2.45, 2.75) is 33.0 Å². The average Bonchev–Trinajstić information content (AvgIpc) is 2.82. The van der Waals surface area contributed by atoms with E-state index < -0.39 is 0 Å². The summed E-state index contributed by atoms with van der Waals surface area (Å²) in [6, 6.07) is 7.76. The molecule has 170 valence electrons. The van der Waals surface area contributed by atoms with Crippen LogP contribution >= 0.6 is 0 Å². The van der Waals surface area contributed by atoms with Crippen molar-refractivity contribution < 1.29 is 9.47 Å². The summed E-state index contributed by atoms with van der Waals surface area (Å²) in [7, 11) is 3.35. The van der Waals surface area contributed by atoms with E-state index in [0.29, 0.717) is 11.5 Å². The number of hydrazone groups is 2. The van der Waals surface area contributed by atoms with Gasteiger partial charge in [-0.1, -0.05) is 0 Å². The Morgan fingerprint density at radius 3 is 2.79 bits per heavy atom. The monoisotopic (exact) mass is 444 g/mol. The number of anilines is 1. The fourth-order valence-electron chi connectivity index (χ4n) is 3.70. The van der Waals surface area contributed by atoms with Crippen LogP contribution in [0, 0.1) is 6.92 Å². The number of aromatic nitrogens is 1. The second kappa shape index (κ2) is 9.79. The highest BCUT2D eigenvalue weighted by Crippen LogP contribution is 2.25. The summed E-state index contributed by atoms with van der Waals surface area (Å²) in [6.45, 7) is 5.97. The van der Waals surface area contributed by atoms with E-state index in [4.69, 9.17) is 14.5 Å². The molecule has 2 aromatic rings. The van der Waals surface area contributed by atoms with Crippen molar-refractivity contribution in [3.05, 3.63) is 65.3 Å². The third-order valence-electron chi connectivity index (χ3n) is 5.46. The van der Waals surface area contributed by atoms with E-state index in [1.807, 2.05) is 56.3 Å². The number of benzene rings is 1. The summed E-state index contributed by atoms with van der Waals surface area (Å²) in [5.74, 6) is 1.47. The molecule has 1 aromatic heterocycles. The minimum atomic E-state index is -0.237. The molecule has 0 fully saturated rings. The van der Waals surface area contributed by atoms with Crippen molar-refractivity contribution in [3.63, 3.8) is 0 Å². The molecule has 1 aliphatic carbocycles. The molecule has 4 rings (SSSR count). The summed E-state index contributed by atoms with van der Waals surface area (Å²) in [4.78, 5) is 9.31. The van der Waals surface area contributed by atoms with E-state index in [1.165, 1.54) is 0 Å². The molecule has 33 heavy (non-hydrogen) atoms. The van der Waals surface area contributed by atoms with E-state index >= 15 is 0 Å². The number of aliphatic imine (C=N–C) groups is 1. The highest BCUT2D eigenvalue weighted by atomic mass is 16.5. The normalized spacial score (nSPS) is 20.3. The summed E-state index contributed by atoms with van der Waals surface area (Å²) >= 11 is 0. The number of dihydropyridines is 1. The number of aryl methyl sites for hydroxylation is 1. The number of allylic oxidation sites excluding steroid dienone is 3. The molecular weight excluding hydrogens is 416 g/mol.